The Morgan fingerprint density at radius 1 is 1.37 bits per heavy atom. The van der Waals surface area contributed by atoms with E-state index in [1.807, 2.05) is 41.1 Å². The van der Waals surface area contributed by atoms with Gasteiger partial charge in [-0.3, -0.25) is 9.48 Å². The summed E-state index contributed by atoms with van der Waals surface area (Å²) in [5.41, 5.74) is 1.94. The molecule has 0 aliphatic heterocycles. The Labute approximate surface area is 116 Å². The maximum Gasteiger partial charge on any atom is 0.313 e. The van der Waals surface area contributed by atoms with Crippen molar-refractivity contribution < 1.29 is 9.90 Å². The number of carboxylic acid groups (broad SMARTS) is 1. The summed E-state index contributed by atoms with van der Waals surface area (Å²) in [6, 6.07) is 11.9. The number of nitrogens with zero attached hydrogens (tertiary/aromatic N) is 2. The minimum Gasteiger partial charge on any atom is -0.481 e. The van der Waals surface area contributed by atoms with Gasteiger partial charge in [0.25, 0.3) is 0 Å². The average Bonchev–Trinajstić information content (AvgIpc) is 2.81. The molecule has 0 saturated heterocycles. The molecular formula is C14H16N2O2S. The molecule has 4 nitrogen and oxygen atoms in total. The minimum atomic E-state index is -0.810. The molecule has 0 saturated carbocycles. The van der Waals surface area contributed by atoms with E-state index in [-0.39, 0.29) is 5.75 Å². The normalized spacial score (nSPS) is 10.6. The third-order valence-electron chi connectivity index (χ3n) is 2.59. The second-order valence-corrected chi connectivity index (χ2v) is 5.14. The zero-order chi connectivity index (χ0) is 13.7. The summed E-state index contributed by atoms with van der Waals surface area (Å²) < 4.78 is 1.88. The van der Waals surface area contributed by atoms with Gasteiger partial charge in [0.05, 0.1) is 16.5 Å². The molecule has 0 aliphatic carbocycles. The molecule has 0 atom stereocenters. The average molecular weight is 276 g/mol. The molecule has 1 aromatic carbocycles. The molecule has 0 amide bonds. The van der Waals surface area contributed by atoms with Crippen LogP contribution in [0.15, 0.2) is 41.4 Å². The third-order valence-corrected chi connectivity index (χ3v) is 3.61. The molecular weight excluding hydrogens is 260 g/mol. The highest BCUT2D eigenvalue weighted by atomic mass is 32.2. The van der Waals surface area contributed by atoms with E-state index in [9.17, 15) is 4.79 Å². The number of benzene rings is 1. The smallest absolute Gasteiger partial charge is 0.313 e. The largest absolute Gasteiger partial charge is 0.481 e. The number of hydrogen-bond acceptors (Lipinski definition) is 3. The maximum atomic E-state index is 10.7. The molecule has 0 fully saturated rings. The monoisotopic (exact) mass is 276 g/mol. The summed E-state index contributed by atoms with van der Waals surface area (Å²) in [6.45, 7) is 2.88. The standard InChI is InChI=1S/C14H16N2O2S/c1-2-8-16-13(19-10-14(17)18)9-12(15-16)11-6-4-3-5-7-11/h3-7,9H,2,8,10H2,1H3,(H,17,18). The van der Waals surface area contributed by atoms with Crippen LogP contribution in [0.2, 0.25) is 0 Å². The fourth-order valence-corrected chi connectivity index (χ4v) is 2.52. The molecule has 2 rings (SSSR count). The number of rotatable bonds is 6. The van der Waals surface area contributed by atoms with Gasteiger partial charge in [0.15, 0.2) is 0 Å². The van der Waals surface area contributed by atoms with Crippen molar-refractivity contribution in [3.8, 4) is 11.3 Å². The number of aromatic nitrogens is 2. The summed E-state index contributed by atoms with van der Waals surface area (Å²) in [5.74, 6) is -0.751. The Hall–Kier alpha value is -1.75. The highest BCUT2D eigenvalue weighted by Gasteiger charge is 2.10. The van der Waals surface area contributed by atoms with E-state index in [0.29, 0.717) is 0 Å². The predicted molar refractivity (Wildman–Crippen MR) is 76.3 cm³/mol. The maximum absolute atomic E-state index is 10.7. The fraction of sp³-hybridized carbons (Fsp3) is 0.286. The number of aryl methyl sites for hydroxylation is 1. The Morgan fingerprint density at radius 2 is 2.11 bits per heavy atom. The predicted octanol–water partition coefficient (Wildman–Crippen LogP) is 3.14. The summed E-state index contributed by atoms with van der Waals surface area (Å²) in [4.78, 5) is 10.7. The molecule has 2 aromatic rings. The number of aliphatic carboxylic acids is 1. The molecule has 0 aliphatic rings. The lowest BCUT2D eigenvalue weighted by molar-refractivity contribution is -0.133. The highest BCUT2D eigenvalue weighted by Crippen LogP contribution is 2.25. The van der Waals surface area contributed by atoms with Crippen LogP contribution in [-0.4, -0.2) is 26.6 Å². The first-order chi connectivity index (χ1) is 9.20. The van der Waals surface area contributed by atoms with Crippen LogP contribution in [0.25, 0.3) is 11.3 Å². The third kappa shape index (κ3) is 3.61. The summed E-state index contributed by atoms with van der Waals surface area (Å²) in [5, 5.41) is 14.2. The van der Waals surface area contributed by atoms with E-state index in [0.717, 1.165) is 29.2 Å². The molecule has 1 N–H and O–H groups in total. The number of thioether (sulfide) groups is 1. The van der Waals surface area contributed by atoms with Crippen molar-refractivity contribution in [2.24, 2.45) is 0 Å². The van der Waals surface area contributed by atoms with Crippen molar-refractivity contribution >= 4 is 17.7 Å². The first-order valence-corrected chi connectivity index (χ1v) is 7.17. The van der Waals surface area contributed by atoms with Crippen LogP contribution in [0.5, 0.6) is 0 Å². The summed E-state index contributed by atoms with van der Waals surface area (Å²) >= 11 is 1.31. The van der Waals surface area contributed by atoms with Gasteiger partial charge in [-0.1, -0.05) is 49.0 Å². The molecule has 5 heteroatoms. The fourth-order valence-electron chi connectivity index (χ4n) is 1.77. The first-order valence-electron chi connectivity index (χ1n) is 6.18. The van der Waals surface area contributed by atoms with Crippen LogP contribution in [-0.2, 0) is 11.3 Å². The van der Waals surface area contributed by atoms with Crippen LogP contribution in [0.1, 0.15) is 13.3 Å². The van der Waals surface area contributed by atoms with E-state index in [4.69, 9.17) is 5.11 Å². The van der Waals surface area contributed by atoms with Crippen LogP contribution in [0.4, 0.5) is 0 Å². The molecule has 19 heavy (non-hydrogen) atoms. The van der Waals surface area contributed by atoms with Gasteiger partial charge in [0.2, 0.25) is 0 Å². The quantitative estimate of drug-likeness (QED) is 0.824. The lowest BCUT2D eigenvalue weighted by Crippen LogP contribution is -2.03. The molecule has 0 spiro atoms. The number of carboxylic acids is 1. The van der Waals surface area contributed by atoms with Gasteiger partial charge in [-0.25, -0.2) is 0 Å². The lowest BCUT2D eigenvalue weighted by Gasteiger charge is -2.03. The van der Waals surface area contributed by atoms with E-state index < -0.39 is 5.97 Å². The van der Waals surface area contributed by atoms with Crippen LogP contribution < -0.4 is 0 Å². The van der Waals surface area contributed by atoms with Crippen molar-refractivity contribution in [1.82, 2.24) is 9.78 Å². The Balaban J connectivity index is 2.26. The van der Waals surface area contributed by atoms with E-state index in [2.05, 4.69) is 12.0 Å². The van der Waals surface area contributed by atoms with Crippen LogP contribution in [0, 0.1) is 0 Å². The van der Waals surface area contributed by atoms with Gasteiger partial charge in [0, 0.05) is 12.1 Å². The van der Waals surface area contributed by atoms with E-state index >= 15 is 0 Å². The van der Waals surface area contributed by atoms with Crippen molar-refractivity contribution in [1.29, 1.82) is 0 Å². The van der Waals surface area contributed by atoms with Gasteiger partial charge < -0.3 is 5.11 Å². The molecule has 100 valence electrons. The highest BCUT2D eigenvalue weighted by molar-refractivity contribution is 7.99. The minimum absolute atomic E-state index is 0.0592. The number of hydrogen-bond donors (Lipinski definition) is 1. The van der Waals surface area contributed by atoms with E-state index in [1.54, 1.807) is 0 Å². The first kappa shape index (κ1) is 13.7. The Morgan fingerprint density at radius 3 is 2.74 bits per heavy atom. The molecule has 1 heterocycles. The van der Waals surface area contributed by atoms with Crippen LogP contribution >= 0.6 is 11.8 Å². The van der Waals surface area contributed by atoms with Crippen molar-refractivity contribution in [3.63, 3.8) is 0 Å². The molecule has 1 aromatic heterocycles. The summed E-state index contributed by atoms with van der Waals surface area (Å²) in [7, 11) is 0. The topological polar surface area (TPSA) is 55.1 Å². The molecule has 0 unspecified atom stereocenters. The second-order valence-electron chi connectivity index (χ2n) is 4.14. The van der Waals surface area contributed by atoms with Crippen molar-refractivity contribution in [2.75, 3.05) is 5.75 Å². The summed E-state index contributed by atoms with van der Waals surface area (Å²) in [6.07, 6.45) is 0.969. The van der Waals surface area contributed by atoms with E-state index in [1.165, 1.54) is 11.8 Å². The van der Waals surface area contributed by atoms with Gasteiger partial charge in [0.1, 0.15) is 0 Å². The zero-order valence-corrected chi connectivity index (χ0v) is 11.6. The SMILES string of the molecule is CCCn1nc(-c2ccccc2)cc1SCC(=O)O. The van der Waals surface area contributed by atoms with Gasteiger partial charge in [-0.2, -0.15) is 5.10 Å². The van der Waals surface area contributed by atoms with Crippen molar-refractivity contribution in [3.05, 3.63) is 36.4 Å². The zero-order valence-electron chi connectivity index (χ0n) is 10.7. The van der Waals surface area contributed by atoms with Gasteiger partial charge in [-0.15, -0.1) is 0 Å². The molecule has 0 bridgehead atoms. The molecule has 0 radical (unpaired) electrons. The second kappa shape index (κ2) is 6.43. The lowest BCUT2D eigenvalue weighted by atomic mass is 10.2. The Kier molecular flexibility index (Phi) is 4.63. The van der Waals surface area contributed by atoms with Crippen LogP contribution in [0.3, 0.4) is 0 Å². The van der Waals surface area contributed by atoms with Gasteiger partial charge >= 0.3 is 5.97 Å². The van der Waals surface area contributed by atoms with Crippen molar-refractivity contribution in [2.45, 2.75) is 24.9 Å². The number of carbonyl (C=O) groups is 1. The Bertz CT molecular complexity index is 552. The van der Waals surface area contributed by atoms with Gasteiger partial charge in [-0.05, 0) is 12.5 Å².